The maximum atomic E-state index is 11.9. The monoisotopic (exact) mass is 308 g/mol. The summed E-state index contributed by atoms with van der Waals surface area (Å²) in [5.74, 6) is 0.132. The molecule has 0 amide bonds. The van der Waals surface area contributed by atoms with Gasteiger partial charge in [-0.15, -0.1) is 16.4 Å². The van der Waals surface area contributed by atoms with E-state index in [4.69, 9.17) is 23.2 Å². The van der Waals surface area contributed by atoms with Crippen molar-refractivity contribution in [1.29, 1.82) is 0 Å². The van der Waals surface area contributed by atoms with E-state index in [9.17, 15) is 4.79 Å². The molecule has 0 atom stereocenters. The minimum Gasteiger partial charge on any atom is -0.293 e. The fraction of sp³-hybridized carbons (Fsp3) is 0.250. The van der Waals surface area contributed by atoms with Gasteiger partial charge in [-0.05, 0) is 16.5 Å². The Morgan fingerprint density at radius 1 is 1.59 bits per heavy atom. The summed E-state index contributed by atoms with van der Waals surface area (Å²) < 4.78 is 2.42. The van der Waals surface area contributed by atoms with Gasteiger partial charge >= 0.3 is 0 Å². The molecule has 5 nitrogen and oxygen atoms in total. The molecule has 9 heteroatoms. The Morgan fingerprint density at radius 3 is 2.88 bits per heavy atom. The van der Waals surface area contributed by atoms with Crippen molar-refractivity contribution in [2.24, 2.45) is 7.05 Å². The van der Waals surface area contributed by atoms with Crippen LogP contribution in [0, 0.1) is 0 Å². The van der Waals surface area contributed by atoms with Gasteiger partial charge in [-0.25, -0.2) is 4.68 Å². The van der Waals surface area contributed by atoms with Gasteiger partial charge in [-0.3, -0.25) is 4.79 Å². The summed E-state index contributed by atoms with van der Waals surface area (Å²) in [6, 6.07) is 1.58. The van der Waals surface area contributed by atoms with E-state index >= 15 is 0 Å². The van der Waals surface area contributed by atoms with E-state index in [0.29, 0.717) is 19.4 Å². The molecule has 0 spiro atoms. The lowest BCUT2D eigenvalue weighted by atomic mass is 10.2. The molecule has 0 aromatic carbocycles. The summed E-state index contributed by atoms with van der Waals surface area (Å²) in [6.07, 6.45) is 0. The fourth-order valence-electron chi connectivity index (χ4n) is 1.08. The van der Waals surface area contributed by atoms with Gasteiger partial charge in [-0.1, -0.05) is 35.0 Å². The highest BCUT2D eigenvalue weighted by molar-refractivity contribution is 7.99. The molecule has 0 N–H and O–H groups in total. The Hall–Kier alpha value is -0.630. The van der Waals surface area contributed by atoms with Crippen LogP contribution in [-0.2, 0) is 7.05 Å². The molecule has 0 saturated heterocycles. The third-order valence-electron chi connectivity index (χ3n) is 1.87. The Kier molecular flexibility index (Phi) is 4.03. The van der Waals surface area contributed by atoms with E-state index < -0.39 is 0 Å². The maximum Gasteiger partial charge on any atom is 0.209 e. The second-order valence-corrected chi connectivity index (χ2v) is 6.26. The van der Waals surface area contributed by atoms with Gasteiger partial charge in [0.1, 0.15) is 4.34 Å². The number of rotatable bonds is 4. The van der Waals surface area contributed by atoms with Gasteiger partial charge in [-0.2, -0.15) is 0 Å². The Balaban J connectivity index is 2.03. The lowest BCUT2D eigenvalue weighted by Gasteiger charge is -1.98. The van der Waals surface area contributed by atoms with Crippen LogP contribution in [0.15, 0.2) is 11.2 Å². The lowest BCUT2D eigenvalue weighted by molar-refractivity contribution is 0.102. The van der Waals surface area contributed by atoms with Crippen LogP contribution in [0.25, 0.3) is 0 Å². The van der Waals surface area contributed by atoms with Crippen molar-refractivity contribution in [3.63, 3.8) is 0 Å². The number of nitrogens with zero attached hydrogens (tertiary/aromatic N) is 4. The number of carbonyl (C=O) groups excluding carboxylic acids is 1. The largest absolute Gasteiger partial charge is 0.293 e. The van der Waals surface area contributed by atoms with Crippen LogP contribution in [0.4, 0.5) is 0 Å². The normalized spacial score (nSPS) is 10.8. The zero-order valence-corrected chi connectivity index (χ0v) is 11.7. The molecule has 2 aromatic rings. The highest BCUT2D eigenvalue weighted by atomic mass is 35.5. The van der Waals surface area contributed by atoms with Crippen molar-refractivity contribution in [2.45, 2.75) is 5.16 Å². The average Bonchev–Trinajstić information content (AvgIpc) is 2.81. The fourth-order valence-corrected chi connectivity index (χ4v) is 3.31. The molecule has 2 heterocycles. The van der Waals surface area contributed by atoms with Crippen LogP contribution >= 0.6 is 46.3 Å². The minimum atomic E-state index is -0.0915. The first kappa shape index (κ1) is 12.8. The van der Waals surface area contributed by atoms with Gasteiger partial charge in [0.15, 0.2) is 5.78 Å². The minimum absolute atomic E-state index is 0.0915. The van der Waals surface area contributed by atoms with E-state index in [1.165, 1.54) is 27.8 Å². The number of aromatic nitrogens is 4. The standard InChI is InChI=1S/C8H6Cl2N4OS2/c1-14-8(11-12-13-14)16-3-5(15)4-2-6(9)17-7(4)10/h2H,3H2,1H3. The molecule has 0 bridgehead atoms. The highest BCUT2D eigenvalue weighted by Gasteiger charge is 2.15. The lowest BCUT2D eigenvalue weighted by Crippen LogP contribution is -2.03. The highest BCUT2D eigenvalue weighted by Crippen LogP contribution is 2.32. The van der Waals surface area contributed by atoms with Crippen LogP contribution in [0.1, 0.15) is 10.4 Å². The first-order chi connectivity index (χ1) is 8.08. The molecule has 0 aliphatic carbocycles. The second kappa shape index (κ2) is 5.34. The van der Waals surface area contributed by atoms with Crippen LogP contribution < -0.4 is 0 Å². The van der Waals surface area contributed by atoms with Crippen LogP contribution in [0.3, 0.4) is 0 Å². The molecule has 0 saturated carbocycles. The number of ketones is 1. The van der Waals surface area contributed by atoms with Crippen molar-refractivity contribution in [1.82, 2.24) is 20.2 Å². The summed E-state index contributed by atoms with van der Waals surface area (Å²) in [6.45, 7) is 0. The van der Waals surface area contributed by atoms with Crippen LogP contribution in [0.5, 0.6) is 0 Å². The van der Waals surface area contributed by atoms with E-state index in [0.717, 1.165) is 0 Å². The molecule has 2 rings (SSSR count). The molecular weight excluding hydrogens is 303 g/mol. The maximum absolute atomic E-state index is 11.9. The first-order valence-electron chi connectivity index (χ1n) is 4.41. The summed E-state index contributed by atoms with van der Waals surface area (Å²) in [5, 5.41) is 11.5. The van der Waals surface area contributed by atoms with Crippen molar-refractivity contribution < 1.29 is 4.79 Å². The predicted octanol–water partition coefficient (Wildman–Crippen LogP) is 2.55. The molecule has 0 unspecified atom stereocenters. The molecule has 0 radical (unpaired) electrons. The zero-order valence-electron chi connectivity index (χ0n) is 8.55. The van der Waals surface area contributed by atoms with Crippen molar-refractivity contribution in [3.05, 3.63) is 20.3 Å². The molecule has 0 aliphatic rings. The Morgan fingerprint density at radius 2 is 2.35 bits per heavy atom. The third-order valence-corrected chi connectivity index (χ3v) is 4.37. The van der Waals surface area contributed by atoms with Crippen molar-refractivity contribution in [2.75, 3.05) is 5.75 Å². The number of Topliss-reactive ketones (excluding diaryl/α,β-unsaturated/α-hetero) is 1. The van der Waals surface area contributed by atoms with Gasteiger partial charge < -0.3 is 0 Å². The number of carbonyl (C=O) groups is 1. The molecule has 2 aromatic heterocycles. The second-order valence-electron chi connectivity index (χ2n) is 3.03. The van der Waals surface area contributed by atoms with E-state index in [-0.39, 0.29) is 11.5 Å². The summed E-state index contributed by atoms with van der Waals surface area (Å²) in [5.41, 5.74) is 0.448. The molecular formula is C8H6Cl2N4OS2. The number of halogens is 2. The molecule has 0 aliphatic heterocycles. The Bertz CT molecular complexity index is 553. The van der Waals surface area contributed by atoms with Crippen LogP contribution in [-0.4, -0.2) is 31.7 Å². The third kappa shape index (κ3) is 2.98. The molecule has 90 valence electrons. The number of thioether (sulfide) groups is 1. The van der Waals surface area contributed by atoms with Crippen molar-refractivity contribution in [3.8, 4) is 0 Å². The quantitative estimate of drug-likeness (QED) is 0.641. The average molecular weight is 309 g/mol. The van der Waals surface area contributed by atoms with Gasteiger partial charge in [0, 0.05) is 12.6 Å². The number of tetrazole rings is 1. The summed E-state index contributed by atoms with van der Waals surface area (Å²) in [7, 11) is 1.71. The number of hydrogen-bond donors (Lipinski definition) is 0. The number of thiophene rings is 1. The van der Waals surface area contributed by atoms with E-state index in [1.807, 2.05) is 0 Å². The van der Waals surface area contributed by atoms with E-state index in [1.54, 1.807) is 13.1 Å². The number of hydrogen-bond acceptors (Lipinski definition) is 6. The predicted molar refractivity (Wildman–Crippen MR) is 68.2 cm³/mol. The van der Waals surface area contributed by atoms with Crippen molar-refractivity contribution >= 4 is 52.1 Å². The van der Waals surface area contributed by atoms with Gasteiger partial charge in [0.2, 0.25) is 5.16 Å². The number of aryl methyl sites for hydroxylation is 1. The molecule has 0 fully saturated rings. The first-order valence-corrected chi connectivity index (χ1v) is 6.97. The zero-order chi connectivity index (χ0) is 12.4. The SMILES string of the molecule is Cn1nnnc1SCC(=O)c1cc(Cl)sc1Cl. The van der Waals surface area contributed by atoms with Gasteiger partial charge in [0.05, 0.1) is 10.1 Å². The smallest absolute Gasteiger partial charge is 0.209 e. The topological polar surface area (TPSA) is 60.7 Å². The Labute approximate surface area is 115 Å². The van der Waals surface area contributed by atoms with Gasteiger partial charge in [0.25, 0.3) is 0 Å². The van der Waals surface area contributed by atoms with Crippen LogP contribution in [0.2, 0.25) is 8.67 Å². The summed E-state index contributed by atoms with van der Waals surface area (Å²) >= 11 is 14.1. The summed E-state index contributed by atoms with van der Waals surface area (Å²) in [4.78, 5) is 11.9. The molecule has 17 heavy (non-hydrogen) atoms. The van der Waals surface area contributed by atoms with E-state index in [2.05, 4.69) is 15.5 Å².